The second kappa shape index (κ2) is 9.95. The second-order valence-corrected chi connectivity index (χ2v) is 7.97. The predicted molar refractivity (Wildman–Crippen MR) is 111 cm³/mol. The summed E-state index contributed by atoms with van der Waals surface area (Å²) >= 11 is 2.64. The fraction of sp³-hybridized carbons (Fsp3) is 0.211. The summed E-state index contributed by atoms with van der Waals surface area (Å²) in [7, 11) is 0. The van der Waals surface area contributed by atoms with Crippen molar-refractivity contribution >= 4 is 40.7 Å². The van der Waals surface area contributed by atoms with Gasteiger partial charge in [0.25, 0.3) is 5.91 Å². The minimum Gasteiger partial charge on any atom is -0.346 e. The molecule has 144 valence electrons. The van der Waals surface area contributed by atoms with E-state index in [0.29, 0.717) is 28.1 Å². The van der Waals surface area contributed by atoms with Gasteiger partial charge in [-0.3, -0.25) is 9.59 Å². The van der Waals surface area contributed by atoms with Crippen molar-refractivity contribution in [3.05, 3.63) is 69.8 Å². The molecular weight excluding hydrogens is 394 g/mol. The monoisotopic (exact) mass is 413 g/mol. The number of aryl methyl sites for hydroxylation is 1. The van der Waals surface area contributed by atoms with Crippen LogP contribution in [0.15, 0.2) is 48.7 Å². The number of carbonyl (C=O) groups is 2. The fourth-order valence-electron chi connectivity index (χ4n) is 2.21. The number of anilines is 1. The number of nitrogens with one attached hydrogen (secondary N) is 2. The molecule has 3 aromatic rings. The molecule has 0 aliphatic heterocycles. The molecule has 0 atom stereocenters. The Morgan fingerprint density at radius 1 is 1.11 bits per heavy atom. The zero-order chi connectivity index (χ0) is 19.8. The van der Waals surface area contributed by atoms with E-state index in [1.165, 1.54) is 28.7 Å². The number of pyridine rings is 1. The molecule has 2 amide bonds. The summed E-state index contributed by atoms with van der Waals surface area (Å²) < 4.78 is 0. The van der Waals surface area contributed by atoms with Crippen molar-refractivity contribution in [2.45, 2.75) is 19.2 Å². The molecule has 28 heavy (non-hydrogen) atoms. The Morgan fingerprint density at radius 3 is 2.68 bits per heavy atom. The van der Waals surface area contributed by atoms with Gasteiger partial charge in [-0.15, -0.1) is 22.0 Å². The Bertz CT molecular complexity index is 929. The van der Waals surface area contributed by atoms with Crippen LogP contribution >= 0.6 is 23.1 Å². The molecule has 0 radical (unpaired) electrons. The Hall–Kier alpha value is -2.78. The molecule has 0 spiro atoms. The smallest absolute Gasteiger partial charge is 0.282 e. The Labute approximate surface area is 171 Å². The van der Waals surface area contributed by atoms with Crippen molar-refractivity contribution in [2.75, 3.05) is 11.1 Å². The van der Waals surface area contributed by atoms with Crippen LogP contribution in [0, 0.1) is 6.92 Å². The minimum absolute atomic E-state index is 0.135. The van der Waals surface area contributed by atoms with Crippen molar-refractivity contribution in [1.29, 1.82) is 0 Å². The van der Waals surface area contributed by atoms with Gasteiger partial charge >= 0.3 is 0 Å². The first-order valence-electron chi connectivity index (χ1n) is 8.55. The van der Waals surface area contributed by atoms with Gasteiger partial charge in [-0.25, -0.2) is 4.98 Å². The molecule has 2 N–H and O–H groups in total. The Morgan fingerprint density at radius 2 is 1.93 bits per heavy atom. The Balaban J connectivity index is 1.41. The second-order valence-electron chi connectivity index (χ2n) is 5.93. The number of aromatic nitrogens is 3. The third kappa shape index (κ3) is 6.14. The van der Waals surface area contributed by atoms with Gasteiger partial charge < -0.3 is 10.6 Å². The van der Waals surface area contributed by atoms with Crippen molar-refractivity contribution in [3.63, 3.8) is 0 Å². The highest BCUT2D eigenvalue weighted by atomic mass is 32.2. The third-order valence-corrected chi connectivity index (χ3v) is 5.67. The SMILES string of the molecule is Cc1ccc(CNC(=O)c2nnc(CSCC(=O)Nc3ccccn3)s2)cc1. The lowest BCUT2D eigenvalue weighted by molar-refractivity contribution is -0.113. The van der Waals surface area contributed by atoms with E-state index >= 15 is 0 Å². The summed E-state index contributed by atoms with van der Waals surface area (Å²) in [4.78, 5) is 28.1. The molecule has 0 bridgehead atoms. The van der Waals surface area contributed by atoms with Crippen LogP contribution < -0.4 is 10.6 Å². The lowest BCUT2D eigenvalue weighted by Crippen LogP contribution is -2.22. The highest BCUT2D eigenvalue weighted by Crippen LogP contribution is 2.17. The molecule has 2 aromatic heterocycles. The van der Waals surface area contributed by atoms with Gasteiger partial charge in [0.1, 0.15) is 10.8 Å². The first-order valence-corrected chi connectivity index (χ1v) is 10.5. The number of thioether (sulfide) groups is 1. The third-order valence-electron chi connectivity index (χ3n) is 3.63. The predicted octanol–water partition coefficient (Wildman–Crippen LogP) is 3.04. The van der Waals surface area contributed by atoms with Gasteiger partial charge in [-0.1, -0.05) is 47.2 Å². The zero-order valence-electron chi connectivity index (χ0n) is 15.2. The van der Waals surface area contributed by atoms with Crippen LogP contribution in [0.5, 0.6) is 0 Å². The maximum atomic E-state index is 12.2. The van der Waals surface area contributed by atoms with Gasteiger partial charge in [0.05, 0.1) is 5.75 Å². The van der Waals surface area contributed by atoms with E-state index in [1.807, 2.05) is 37.3 Å². The fourth-order valence-corrected chi connectivity index (χ4v) is 3.84. The lowest BCUT2D eigenvalue weighted by Gasteiger charge is -2.03. The van der Waals surface area contributed by atoms with E-state index < -0.39 is 0 Å². The normalized spacial score (nSPS) is 10.5. The van der Waals surface area contributed by atoms with E-state index in [2.05, 4.69) is 25.8 Å². The summed E-state index contributed by atoms with van der Waals surface area (Å²) in [5.74, 6) is 0.923. The van der Waals surface area contributed by atoms with E-state index in [-0.39, 0.29) is 17.6 Å². The molecular formula is C19H19N5O2S2. The molecule has 9 heteroatoms. The van der Waals surface area contributed by atoms with E-state index in [9.17, 15) is 9.59 Å². The largest absolute Gasteiger partial charge is 0.346 e. The first-order chi connectivity index (χ1) is 13.6. The number of rotatable bonds is 8. The average Bonchev–Trinajstić information content (AvgIpc) is 3.17. The summed E-state index contributed by atoms with van der Waals surface area (Å²) in [5, 5.41) is 14.6. The lowest BCUT2D eigenvalue weighted by atomic mass is 10.1. The number of amides is 2. The number of nitrogens with zero attached hydrogens (tertiary/aromatic N) is 3. The highest BCUT2D eigenvalue weighted by Gasteiger charge is 2.13. The van der Waals surface area contributed by atoms with Crippen LogP contribution in [0.25, 0.3) is 0 Å². The molecule has 2 heterocycles. The first kappa shape index (κ1) is 20.0. The van der Waals surface area contributed by atoms with Crippen LogP contribution in [-0.2, 0) is 17.1 Å². The zero-order valence-corrected chi connectivity index (χ0v) is 16.8. The quantitative estimate of drug-likeness (QED) is 0.589. The average molecular weight is 414 g/mol. The van der Waals surface area contributed by atoms with Gasteiger partial charge in [0.2, 0.25) is 10.9 Å². The van der Waals surface area contributed by atoms with Gasteiger partial charge in [0.15, 0.2) is 0 Å². The van der Waals surface area contributed by atoms with Crippen LogP contribution in [0.2, 0.25) is 0 Å². The number of hydrogen-bond acceptors (Lipinski definition) is 7. The van der Waals surface area contributed by atoms with Gasteiger partial charge in [0, 0.05) is 18.5 Å². The van der Waals surface area contributed by atoms with E-state index in [4.69, 9.17) is 0 Å². The standard InChI is InChI=1S/C19H19N5O2S2/c1-13-5-7-14(8-6-13)10-21-18(26)19-24-23-17(28-19)12-27-11-16(25)22-15-4-2-3-9-20-15/h2-9H,10-12H2,1H3,(H,21,26)(H,20,22,25). The van der Waals surface area contributed by atoms with E-state index in [1.54, 1.807) is 18.3 Å². The van der Waals surface area contributed by atoms with Crippen molar-refractivity contribution < 1.29 is 9.59 Å². The molecule has 0 unspecified atom stereocenters. The molecule has 7 nitrogen and oxygen atoms in total. The molecule has 0 saturated heterocycles. The topological polar surface area (TPSA) is 96.9 Å². The number of benzene rings is 1. The molecule has 1 aromatic carbocycles. The molecule has 0 aliphatic carbocycles. The van der Waals surface area contributed by atoms with Gasteiger partial charge in [-0.05, 0) is 24.6 Å². The highest BCUT2D eigenvalue weighted by molar-refractivity contribution is 7.99. The summed E-state index contributed by atoms with van der Waals surface area (Å²) in [6.45, 7) is 2.46. The maximum absolute atomic E-state index is 12.2. The molecule has 0 aliphatic rings. The summed E-state index contributed by atoms with van der Waals surface area (Å²) in [5.41, 5.74) is 2.20. The Kier molecular flexibility index (Phi) is 7.10. The maximum Gasteiger partial charge on any atom is 0.282 e. The van der Waals surface area contributed by atoms with E-state index in [0.717, 1.165) is 5.56 Å². The van der Waals surface area contributed by atoms with Crippen LogP contribution in [0.1, 0.15) is 25.9 Å². The van der Waals surface area contributed by atoms with Crippen LogP contribution in [0.3, 0.4) is 0 Å². The molecule has 0 fully saturated rings. The van der Waals surface area contributed by atoms with Gasteiger partial charge in [-0.2, -0.15) is 0 Å². The van der Waals surface area contributed by atoms with Crippen molar-refractivity contribution in [1.82, 2.24) is 20.5 Å². The number of hydrogen-bond donors (Lipinski definition) is 2. The summed E-state index contributed by atoms with van der Waals surface area (Å²) in [6, 6.07) is 13.3. The minimum atomic E-state index is -0.248. The molecule has 0 saturated carbocycles. The van der Waals surface area contributed by atoms with Crippen LogP contribution in [-0.4, -0.2) is 32.7 Å². The summed E-state index contributed by atoms with van der Waals surface area (Å²) in [6.07, 6.45) is 1.62. The van der Waals surface area contributed by atoms with Crippen LogP contribution in [0.4, 0.5) is 5.82 Å². The van der Waals surface area contributed by atoms with Crippen molar-refractivity contribution in [2.24, 2.45) is 0 Å². The molecule has 3 rings (SSSR count). The van der Waals surface area contributed by atoms with Crippen molar-refractivity contribution in [3.8, 4) is 0 Å². The number of carbonyl (C=O) groups excluding carboxylic acids is 2.